The lowest BCUT2D eigenvalue weighted by Gasteiger charge is -2.31. The number of hydrogen-bond donors (Lipinski definition) is 2. The molecule has 0 aliphatic heterocycles. The van der Waals surface area contributed by atoms with Crippen LogP contribution < -0.4 is 11.1 Å². The zero-order chi connectivity index (χ0) is 13.1. The number of anilines is 1. The molecular weight excluding hydrogens is 214 g/mol. The lowest BCUT2D eigenvalue weighted by atomic mass is 9.89. The van der Waals surface area contributed by atoms with E-state index in [-0.39, 0.29) is 11.4 Å². The van der Waals surface area contributed by atoms with E-state index < -0.39 is 0 Å². The first-order valence-corrected chi connectivity index (χ1v) is 6.22. The van der Waals surface area contributed by atoms with E-state index in [4.69, 9.17) is 5.73 Å². The van der Waals surface area contributed by atoms with Crippen molar-refractivity contribution >= 4 is 11.6 Å². The van der Waals surface area contributed by atoms with E-state index in [1.807, 2.05) is 7.05 Å². The summed E-state index contributed by atoms with van der Waals surface area (Å²) in [5.74, 6) is -0.0465. The first kappa shape index (κ1) is 13.6. The summed E-state index contributed by atoms with van der Waals surface area (Å²) in [6.07, 6.45) is 4.56. The minimum atomic E-state index is -0.101. The van der Waals surface area contributed by atoms with Crippen LogP contribution in [-0.4, -0.2) is 16.0 Å². The highest BCUT2D eigenvalue weighted by Gasteiger charge is 2.27. The molecule has 0 aliphatic carbocycles. The second-order valence-electron chi connectivity index (χ2n) is 4.56. The van der Waals surface area contributed by atoms with Crippen LogP contribution in [-0.2, 0) is 7.05 Å². The minimum absolute atomic E-state index is 0.0465. The van der Waals surface area contributed by atoms with Gasteiger partial charge in [0.2, 0.25) is 0 Å². The summed E-state index contributed by atoms with van der Waals surface area (Å²) in [5, 5.41) is 3.13. The number of nitrogens with zero attached hydrogens (tertiary/aromatic N) is 1. The van der Waals surface area contributed by atoms with Gasteiger partial charge in [-0.25, -0.2) is 0 Å². The smallest absolute Gasteiger partial charge is 0.268 e. The first-order chi connectivity index (χ1) is 7.98. The van der Waals surface area contributed by atoms with E-state index in [0.29, 0.717) is 11.4 Å². The van der Waals surface area contributed by atoms with Gasteiger partial charge in [0.05, 0.1) is 5.69 Å². The topological polar surface area (TPSA) is 60.1 Å². The van der Waals surface area contributed by atoms with Crippen LogP contribution in [0.25, 0.3) is 0 Å². The lowest BCUT2D eigenvalue weighted by Crippen LogP contribution is -2.47. The molecule has 1 amide bonds. The Balaban J connectivity index is 2.88. The maximum Gasteiger partial charge on any atom is 0.268 e. The van der Waals surface area contributed by atoms with Crippen molar-refractivity contribution in [2.45, 2.75) is 45.6 Å². The minimum Gasteiger partial charge on any atom is -0.397 e. The molecule has 1 heterocycles. The molecule has 0 radical (unpaired) electrons. The normalized spacial score (nSPS) is 11.5. The third-order valence-electron chi connectivity index (χ3n) is 3.67. The molecule has 0 spiro atoms. The maximum atomic E-state index is 12.2. The van der Waals surface area contributed by atoms with Crippen LogP contribution in [0.1, 0.15) is 50.5 Å². The number of rotatable bonds is 5. The molecule has 0 saturated heterocycles. The van der Waals surface area contributed by atoms with Gasteiger partial charge in [-0.15, -0.1) is 0 Å². The van der Waals surface area contributed by atoms with Crippen molar-refractivity contribution in [3.05, 3.63) is 18.0 Å². The molecule has 0 aromatic carbocycles. The summed E-state index contributed by atoms with van der Waals surface area (Å²) < 4.78 is 1.76. The van der Waals surface area contributed by atoms with E-state index in [2.05, 4.69) is 26.1 Å². The van der Waals surface area contributed by atoms with Crippen LogP contribution >= 0.6 is 0 Å². The van der Waals surface area contributed by atoms with Gasteiger partial charge in [-0.05, 0) is 25.3 Å². The fraction of sp³-hybridized carbons (Fsp3) is 0.615. The van der Waals surface area contributed by atoms with Gasteiger partial charge in [0.15, 0.2) is 0 Å². The Bertz CT molecular complexity index is 383. The van der Waals surface area contributed by atoms with E-state index >= 15 is 0 Å². The summed E-state index contributed by atoms with van der Waals surface area (Å²) in [6, 6.07) is 1.71. The molecule has 1 aromatic rings. The summed E-state index contributed by atoms with van der Waals surface area (Å²) in [5.41, 5.74) is 6.81. The van der Waals surface area contributed by atoms with E-state index in [0.717, 1.165) is 19.3 Å². The summed E-state index contributed by atoms with van der Waals surface area (Å²) in [7, 11) is 1.83. The van der Waals surface area contributed by atoms with Crippen LogP contribution in [0.3, 0.4) is 0 Å². The third kappa shape index (κ3) is 2.81. The van der Waals surface area contributed by atoms with E-state index in [1.54, 1.807) is 16.8 Å². The number of carbonyl (C=O) groups excluding carboxylic acids is 1. The molecule has 1 aromatic heterocycles. The zero-order valence-electron chi connectivity index (χ0n) is 11.2. The summed E-state index contributed by atoms with van der Waals surface area (Å²) >= 11 is 0. The highest BCUT2D eigenvalue weighted by Crippen LogP contribution is 2.20. The van der Waals surface area contributed by atoms with Gasteiger partial charge in [-0.3, -0.25) is 4.79 Å². The zero-order valence-corrected chi connectivity index (χ0v) is 11.2. The van der Waals surface area contributed by atoms with Crippen molar-refractivity contribution in [2.75, 3.05) is 5.73 Å². The fourth-order valence-electron chi connectivity index (χ4n) is 2.14. The van der Waals surface area contributed by atoms with Crippen molar-refractivity contribution in [3.8, 4) is 0 Å². The van der Waals surface area contributed by atoms with Crippen molar-refractivity contribution in [1.82, 2.24) is 9.88 Å². The lowest BCUT2D eigenvalue weighted by molar-refractivity contribution is 0.0880. The predicted octanol–water partition coefficient (Wildman–Crippen LogP) is 2.31. The van der Waals surface area contributed by atoms with Crippen molar-refractivity contribution < 1.29 is 4.79 Å². The van der Waals surface area contributed by atoms with Crippen molar-refractivity contribution in [1.29, 1.82) is 0 Å². The number of nitrogen functional groups attached to an aromatic ring is 1. The van der Waals surface area contributed by atoms with Gasteiger partial charge in [0.25, 0.3) is 5.91 Å². The molecule has 0 fully saturated rings. The second-order valence-corrected chi connectivity index (χ2v) is 4.56. The molecule has 0 bridgehead atoms. The Morgan fingerprint density at radius 2 is 1.88 bits per heavy atom. The molecule has 1 rings (SSSR count). The van der Waals surface area contributed by atoms with Crippen LogP contribution in [0.5, 0.6) is 0 Å². The molecule has 0 atom stereocenters. The number of aromatic nitrogens is 1. The van der Waals surface area contributed by atoms with E-state index in [9.17, 15) is 4.79 Å². The van der Waals surface area contributed by atoms with Crippen LogP contribution in [0.15, 0.2) is 12.3 Å². The van der Waals surface area contributed by atoms with Crippen molar-refractivity contribution in [3.63, 3.8) is 0 Å². The van der Waals surface area contributed by atoms with Gasteiger partial charge in [0, 0.05) is 18.8 Å². The van der Waals surface area contributed by atoms with Gasteiger partial charge < -0.3 is 15.6 Å². The summed E-state index contributed by atoms with van der Waals surface area (Å²) in [4.78, 5) is 12.2. The van der Waals surface area contributed by atoms with Crippen LogP contribution in [0, 0.1) is 0 Å². The van der Waals surface area contributed by atoms with Gasteiger partial charge >= 0.3 is 0 Å². The Morgan fingerprint density at radius 1 is 1.35 bits per heavy atom. The number of aryl methyl sites for hydroxylation is 1. The van der Waals surface area contributed by atoms with Gasteiger partial charge in [-0.1, -0.05) is 20.8 Å². The van der Waals surface area contributed by atoms with E-state index in [1.165, 1.54) is 0 Å². The standard InChI is InChI=1S/C13H23N3O/c1-5-13(6-2,7-3)15-12(17)11-8-10(14)9-16(11)4/h8-9H,5-7,14H2,1-4H3,(H,15,17). The number of carbonyl (C=O) groups is 1. The first-order valence-electron chi connectivity index (χ1n) is 6.22. The van der Waals surface area contributed by atoms with Crippen molar-refractivity contribution in [2.24, 2.45) is 7.05 Å². The predicted molar refractivity (Wildman–Crippen MR) is 70.9 cm³/mol. The number of hydrogen-bond acceptors (Lipinski definition) is 2. The monoisotopic (exact) mass is 237 g/mol. The quantitative estimate of drug-likeness (QED) is 0.825. The Kier molecular flexibility index (Phi) is 4.21. The molecule has 0 aliphatic rings. The Hall–Kier alpha value is -1.45. The van der Waals surface area contributed by atoms with Gasteiger partial charge in [0.1, 0.15) is 5.69 Å². The second kappa shape index (κ2) is 5.25. The SMILES string of the molecule is CCC(CC)(CC)NC(=O)c1cc(N)cn1C. The fourth-order valence-corrected chi connectivity index (χ4v) is 2.14. The molecule has 4 nitrogen and oxygen atoms in total. The summed E-state index contributed by atoms with van der Waals surface area (Å²) in [6.45, 7) is 6.31. The largest absolute Gasteiger partial charge is 0.397 e. The maximum absolute atomic E-state index is 12.2. The molecular formula is C13H23N3O. The number of amides is 1. The molecule has 0 unspecified atom stereocenters. The molecule has 0 saturated carbocycles. The molecule has 3 N–H and O–H groups in total. The average molecular weight is 237 g/mol. The highest BCUT2D eigenvalue weighted by molar-refractivity contribution is 5.94. The number of nitrogens with one attached hydrogen (secondary N) is 1. The van der Waals surface area contributed by atoms with Crippen LogP contribution in [0.2, 0.25) is 0 Å². The average Bonchev–Trinajstić information content (AvgIpc) is 2.65. The molecule has 96 valence electrons. The number of nitrogens with two attached hydrogens (primary N) is 1. The molecule has 4 heteroatoms. The highest BCUT2D eigenvalue weighted by atomic mass is 16.2. The Labute approximate surface area is 103 Å². The third-order valence-corrected chi connectivity index (χ3v) is 3.67. The van der Waals surface area contributed by atoms with Gasteiger partial charge in [-0.2, -0.15) is 0 Å². The Morgan fingerprint density at radius 3 is 2.24 bits per heavy atom. The van der Waals surface area contributed by atoms with Crippen LogP contribution in [0.4, 0.5) is 5.69 Å². The molecule has 17 heavy (non-hydrogen) atoms.